The van der Waals surface area contributed by atoms with Gasteiger partial charge in [-0.05, 0) is 18.2 Å². The van der Waals surface area contributed by atoms with Crippen LogP contribution >= 0.6 is 0 Å². The Morgan fingerprint density at radius 3 is 2.00 bits per heavy atom. The highest BCUT2D eigenvalue weighted by molar-refractivity contribution is 5.96. The molecule has 144 valence electrons. The van der Waals surface area contributed by atoms with Gasteiger partial charge in [-0.3, -0.25) is 4.79 Å². The molecule has 0 unspecified atom stereocenters. The van der Waals surface area contributed by atoms with E-state index in [2.05, 4.69) is 5.32 Å². The van der Waals surface area contributed by atoms with Crippen molar-refractivity contribution >= 4 is 17.6 Å². The first-order chi connectivity index (χ1) is 13.0. The Balaban J connectivity index is 1.98. The van der Waals surface area contributed by atoms with Gasteiger partial charge in [0.1, 0.15) is 11.5 Å². The minimum Gasteiger partial charge on any atom is -0.497 e. The minimum absolute atomic E-state index is 0.239. The van der Waals surface area contributed by atoms with E-state index in [0.29, 0.717) is 28.7 Å². The van der Waals surface area contributed by atoms with E-state index in [0.717, 1.165) is 0 Å². The van der Waals surface area contributed by atoms with Crippen molar-refractivity contribution < 1.29 is 33.3 Å². The molecular weight excluding hydrogens is 354 g/mol. The first-order valence-electron chi connectivity index (χ1n) is 7.92. The van der Waals surface area contributed by atoms with Crippen LogP contribution in [-0.4, -0.2) is 46.9 Å². The molecule has 2 aromatic rings. The molecular formula is C19H21NO7. The summed E-state index contributed by atoms with van der Waals surface area (Å²) in [5, 5.41) is 2.62. The highest BCUT2D eigenvalue weighted by Gasteiger charge is 2.14. The van der Waals surface area contributed by atoms with Gasteiger partial charge in [-0.25, -0.2) is 4.79 Å². The second-order valence-electron chi connectivity index (χ2n) is 5.30. The molecule has 0 saturated carbocycles. The number of rotatable bonds is 8. The number of carbonyl (C=O) groups is 2. The Hall–Kier alpha value is -3.42. The number of nitrogens with one attached hydrogen (secondary N) is 1. The molecule has 2 aromatic carbocycles. The maximum absolute atomic E-state index is 12.1. The van der Waals surface area contributed by atoms with Crippen LogP contribution < -0.4 is 24.3 Å². The molecule has 0 heterocycles. The van der Waals surface area contributed by atoms with E-state index in [1.807, 2.05) is 0 Å². The van der Waals surface area contributed by atoms with Crippen molar-refractivity contribution in [3.05, 3.63) is 42.0 Å². The standard InChI is InChI=1S/C19H21NO7/c1-23-14-8-13(9-15(10-14)24-2)20-18(21)11-27-19(22)12-5-6-16(25-3)17(7-12)26-4/h5-10H,11H2,1-4H3,(H,20,21). The number of anilines is 1. The van der Waals surface area contributed by atoms with Crippen LogP contribution in [0.5, 0.6) is 23.0 Å². The zero-order valence-electron chi connectivity index (χ0n) is 15.5. The molecule has 0 spiro atoms. The fraction of sp³-hybridized carbons (Fsp3) is 0.263. The first-order valence-corrected chi connectivity index (χ1v) is 7.92. The summed E-state index contributed by atoms with van der Waals surface area (Å²) in [5.41, 5.74) is 0.696. The SMILES string of the molecule is COc1cc(NC(=O)COC(=O)c2ccc(OC)c(OC)c2)cc(OC)c1. The van der Waals surface area contributed by atoms with Crippen molar-refractivity contribution in [2.24, 2.45) is 0 Å². The molecule has 2 rings (SSSR count). The fourth-order valence-electron chi connectivity index (χ4n) is 2.25. The molecule has 1 N–H and O–H groups in total. The van der Waals surface area contributed by atoms with Crippen LogP contribution in [0.25, 0.3) is 0 Å². The van der Waals surface area contributed by atoms with Gasteiger partial charge in [0.05, 0.1) is 34.0 Å². The summed E-state index contributed by atoms with van der Waals surface area (Å²) in [6.07, 6.45) is 0. The summed E-state index contributed by atoms with van der Waals surface area (Å²) >= 11 is 0. The van der Waals surface area contributed by atoms with E-state index in [-0.39, 0.29) is 5.56 Å². The van der Waals surface area contributed by atoms with Crippen LogP contribution in [0.4, 0.5) is 5.69 Å². The Labute approximate surface area is 156 Å². The molecule has 0 atom stereocenters. The number of hydrogen-bond acceptors (Lipinski definition) is 7. The van der Waals surface area contributed by atoms with E-state index in [1.165, 1.54) is 40.6 Å². The predicted molar refractivity (Wildman–Crippen MR) is 98.0 cm³/mol. The van der Waals surface area contributed by atoms with Crippen LogP contribution in [0, 0.1) is 0 Å². The summed E-state index contributed by atoms with van der Waals surface area (Å²) in [6, 6.07) is 9.50. The first kappa shape index (κ1) is 19.9. The molecule has 0 saturated heterocycles. The number of methoxy groups -OCH3 is 4. The highest BCUT2D eigenvalue weighted by atomic mass is 16.5. The van der Waals surface area contributed by atoms with Gasteiger partial charge in [0.25, 0.3) is 5.91 Å². The van der Waals surface area contributed by atoms with E-state index < -0.39 is 18.5 Å². The molecule has 0 radical (unpaired) electrons. The van der Waals surface area contributed by atoms with Crippen LogP contribution in [0.15, 0.2) is 36.4 Å². The number of hydrogen-bond donors (Lipinski definition) is 1. The number of esters is 1. The summed E-state index contributed by atoms with van der Waals surface area (Å²) < 4.78 is 25.6. The van der Waals surface area contributed by atoms with E-state index >= 15 is 0 Å². The average Bonchev–Trinajstić information content (AvgIpc) is 2.70. The third-order valence-electron chi connectivity index (χ3n) is 3.59. The minimum atomic E-state index is -0.658. The van der Waals surface area contributed by atoms with E-state index in [1.54, 1.807) is 24.3 Å². The second kappa shape index (κ2) is 9.33. The summed E-state index contributed by atoms with van der Waals surface area (Å²) in [4.78, 5) is 24.2. The Morgan fingerprint density at radius 1 is 0.815 bits per heavy atom. The van der Waals surface area contributed by atoms with Gasteiger partial charge in [-0.1, -0.05) is 0 Å². The maximum Gasteiger partial charge on any atom is 0.338 e. The molecule has 8 nitrogen and oxygen atoms in total. The van der Waals surface area contributed by atoms with E-state index in [4.69, 9.17) is 23.7 Å². The van der Waals surface area contributed by atoms with Gasteiger partial charge in [-0.15, -0.1) is 0 Å². The number of amides is 1. The van der Waals surface area contributed by atoms with Crippen molar-refractivity contribution in [3.63, 3.8) is 0 Å². The Morgan fingerprint density at radius 2 is 1.44 bits per heavy atom. The van der Waals surface area contributed by atoms with Gasteiger partial charge < -0.3 is 29.0 Å². The molecule has 1 amide bonds. The highest BCUT2D eigenvalue weighted by Crippen LogP contribution is 2.28. The quantitative estimate of drug-likeness (QED) is 0.709. The molecule has 0 fully saturated rings. The average molecular weight is 375 g/mol. The topological polar surface area (TPSA) is 92.3 Å². The normalized spacial score (nSPS) is 9.93. The lowest BCUT2D eigenvalue weighted by molar-refractivity contribution is -0.119. The lowest BCUT2D eigenvalue weighted by Gasteiger charge is -2.11. The largest absolute Gasteiger partial charge is 0.497 e. The van der Waals surface area contributed by atoms with Crippen LogP contribution in [-0.2, 0) is 9.53 Å². The van der Waals surface area contributed by atoms with Crippen molar-refractivity contribution in [1.82, 2.24) is 0 Å². The van der Waals surface area contributed by atoms with Gasteiger partial charge in [-0.2, -0.15) is 0 Å². The molecule has 0 aliphatic heterocycles. The number of ether oxygens (including phenoxy) is 5. The summed E-state index contributed by atoms with van der Waals surface area (Å²) in [7, 11) is 5.97. The number of benzene rings is 2. The molecule has 0 bridgehead atoms. The third kappa shape index (κ3) is 5.27. The van der Waals surface area contributed by atoms with Crippen LogP contribution in [0.2, 0.25) is 0 Å². The van der Waals surface area contributed by atoms with Crippen LogP contribution in [0.1, 0.15) is 10.4 Å². The van der Waals surface area contributed by atoms with Crippen molar-refractivity contribution in [2.45, 2.75) is 0 Å². The lowest BCUT2D eigenvalue weighted by atomic mass is 10.2. The summed E-state index contributed by atoms with van der Waals surface area (Å²) in [5.74, 6) is 0.756. The van der Waals surface area contributed by atoms with E-state index in [9.17, 15) is 9.59 Å². The maximum atomic E-state index is 12.1. The molecule has 8 heteroatoms. The molecule has 0 aliphatic rings. The zero-order valence-corrected chi connectivity index (χ0v) is 15.5. The zero-order chi connectivity index (χ0) is 19.8. The third-order valence-corrected chi connectivity index (χ3v) is 3.59. The number of carbonyl (C=O) groups excluding carboxylic acids is 2. The predicted octanol–water partition coefficient (Wildman–Crippen LogP) is 2.52. The van der Waals surface area contributed by atoms with Crippen LogP contribution in [0.3, 0.4) is 0 Å². The second-order valence-corrected chi connectivity index (χ2v) is 5.30. The van der Waals surface area contributed by atoms with Gasteiger partial charge in [0, 0.05) is 23.9 Å². The Kier molecular flexibility index (Phi) is 6.87. The van der Waals surface area contributed by atoms with Crippen molar-refractivity contribution in [2.75, 3.05) is 40.4 Å². The fourth-order valence-corrected chi connectivity index (χ4v) is 2.25. The lowest BCUT2D eigenvalue weighted by Crippen LogP contribution is -2.21. The smallest absolute Gasteiger partial charge is 0.338 e. The van der Waals surface area contributed by atoms with Gasteiger partial charge >= 0.3 is 5.97 Å². The van der Waals surface area contributed by atoms with Gasteiger partial charge in [0.15, 0.2) is 18.1 Å². The molecule has 0 aliphatic carbocycles. The Bertz CT molecular complexity index is 797. The van der Waals surface area contributed by atoms with Crippen molar-refractivity contribution in [3.8, 4) is 23.0 Å². The van der Waals surface area contributed by atoms with Gasteiger partial charge in [0.2, 0.25) is 0 Å². The molecule has 0 aromatic heterocycles. The summed E-state index contributed by atoms with van der Waals surface area (Å²) in [6.45, 7) is -0.452. The van der Waals surface area contributed by atoms with Crippen molar-refractivity contribution in [1.29, 1.82) is 0 Å². The monoisotopic (exact) mass is 375 g/mol. The molecule has 27 heavy (non-hydrogen) atoms.